The van der Waals surface area contributed by atoms with Gasteiger partial charge in [0, 0.05) is 12.2 Å². The fraction of sp³-hybridized carbons (Fsp3) is 0.217. The minimum atomic E-state index is 0.403. The molecule has 0 saturated carbocycles. The molecule has 1 heterocycles. The highest BCUT2D eigenvalue weighted by atomic mass is 15.2. The minimum absolute atomic E-state index is 0.403. The summed E-state index contributed by atoms with van der Waals surface area (Å²) in [7, 11) is 0. The summed E-state index contributed by atoms with van der Waals surface area (Å²) in [6.45, 7) is 3.23. The van der Waals surface area contributed by atoms with Crippen LogP contribution in [-0.2, 0) is 12.8 Å². The van der Waals surface area contributed by atoms with E-state index in [4.69, 9.17) is 0 Å². The molecule has 1 aliphatic rings. The monoisotopic (exact) mass is 313 g/mol. The van der Waals surface area contributed by atoms with Crippen LogP contribution in [0.15, 0.2) is 78.9 Å². The van der Waals surface area contributed by atoms with E-state index in [2.05, 4.69) is 90.7 Å². The van der Waals surface area contributed by atoms with Crippen molar-refractivity contribution in [2.45, 2.75) is 25.8 Å². The molecule has 0 spiro atoms. The third-order valence-corrected chi connectivity index (χ3v) is 5.05. The van der Waals surface area contributed by atoms with Gasteiger partial charge in [-0.2, -0.15) is 0 Å². The van der Waals surface area contributed by atoms with E-state index < -0.39 is 0 Å². The summed E-state index contributed by atoms with van der Waals surface area (Å²) in [5.41, 5.74) is 7.03. The zero-order chi connectivity index (χ0) is 16.4. The van der Waals surface area contributed by atoms with Crippen LogP contribution in [-0.4, -0.2) is 6.54 Å². The molecule has 4 rings (SSSR count). The maximum atomic E-state index is 2.57. The molecule has 3 aromatic carbocycles. The zero-order valence-electron chi connectivity index (χ0n) is 14.2. The van der Waals surface area contributed by atoms with E-state index >= 15 is 0 Å². The molecule has 1 aliphatic heterocycles. The minimum Gasteiger partial charge on any atom is -0.364 e. The molecule has 1 heteroatoms. The van der Waals surface area contributed by atoms with Gasteiger partial charge in [0.1, 0.15) is 0 Å². The summed E-state index contributed by atoms with van der Waals surface area (Å²) < 4.78 is 0. The van der Waals surface area contributed by atoms with Crippen molar-refractivity contribution in [2.75, 3.05) is 11.4 Å². The van der Waals surface area contributed by atoms with Gasteiger partial charge < -0.3 is 4.90 Å². The van der Waals surface area contributed by atoms with Crippen molar-refractivity contribution >= 4 is 5.69 Å². The Labute approximate surface area is 144 Å². The lowest BCUT2D eigenvalue weighted by atomic mass is 9.88. The Morgan fingerprint density at radius 3 is 2.33 bits per heavy atom. The number of rotatable bonds is 3. The Bertz CT molecular complexity index is 805. The van der Waals surface area contributed by atoms with Gasteiger partial charge in [-0.1, -0.05) is 72.3 Å². The number of nitrogens with zero attached hydrogens (tertiary/aromatic N) is 1. The van der Waals surface area contributed by atoms with E-state index in [1.54, 1.807) is 0 Å². The van der Waals surface area contributed by atoms with E-state index in [0.29, 0.717) is 6.04 Å². The first kappa shape index (κ1) is 15.0. The molecule has 0 aromatic heterocycles. The van der Waals surface area contributed by atoms with Crippen molar-refractivity contribution in [1.29, 1.82) is 0 Å². The van der Waals surface area contributed by atoms with E-state index in [1.807, 2.05) is 0 Å². The fourth-order valence-electron chi connectivity index (χ4n) is 3.75. The SMILES string of the molecule is Cc1ccc(C[C@H]2c3ccccc3CCN2c2ccccc2)cc1. The molecule has 0 amide bonds. The molecule has 0 aliphatic carbocycles. The second kappa shape index (κ2) is 6.52. The number of aryl methyl sites for hydroxylation is 1. The average Bonchev–Trinajstić information content (AvgIpc) is 2.64. The van der Waals surface area contributed by atoms with Crippen molar-refractivity contribution in [3.63, 3.8) is 0 Å². The molecule has 24 heavy (non-hydrogen) atoms. The molecule has 0 unspecified atom stereocenters. The van der Waals surface area contributed by atoms with E-state index in [0.717, 1.165) is 19.4 Å². The van der Waals surface area contributed by atoms with Crippen LogP contribution < -0.4 is 4.90 Å². The van der Waals surface area contributed by atoms with Gasteiger partial charge in [0.15, 0.2) is 0 Å². The second-order valence-corrected chi connectivity index (χ2v) is 6.68. The first-order valence-electron chi connectivity index (χ1n) is 8.76. The first-order chi connectivity index (χ1) is 11.8. The van der Waals surface area contributed by atoms with Gasteiger partial charge in [0.25, 0.3) is 0 Å². The summed E-state index contributed by atoms with van der Waals surface area (Å²) >= 11 is 0. The van der Waals surface area contributed by atoms with Crippen LogP contribution in [0.2, 0.25) is 0 Å². The molecule has 0 bridgehead atoms. The largest absolute Gasteiger partial charge is 0.364 e. The molecule has 0 saturated heterocycles. The molecule has 1 atom stereocenters. The van der Waals surface area contributed by atoms with Crippen LogP contribution in [0.1, 0.15) is 28.3 Å². The summed E-state index contributed by atoms with van der Waals surface area (Å²) in [4.78, 5) is 2.57. The standard InChI is InChI=1S/C23H23N/c1-18-11-13-19(14-12-18)17-23-22-10-6-5-7-20(22)15-16-24(23)21-8-3-2-4-9-21/h2-14,23H,15-17H2,1H3/t23-/m0/s1. The molecule has 0 N–H and O–H groups in total. The lowest BCUT2D eigenvalue weighted by Crippen LogP contribution is -2.36. The summed E-state index contributed by atoms with van der Waals surface area (Å²) in [5.74, 6) is 0. The molecular formula is C23H23N. The van der Waals surface area contributed by atoms with Gasteiger partial charge in [0.2, 0.25) is 0 Å². The summed E-state index contributed by atoms with van der Waals surface area (Å²) in [6, 6.07) is 29.2. The van der Waals surface area contributed by atoms with Crippen molar-refractivity contribution in [3.8, 4) is 0 Å². The number of anilines is 1. The van der Waals surface area contributed by atoms with E-state index in [1.165, 1.54) is 27.9 Å². The molecule has 0 fully saturated rings. The highest BCUT2D eigenvalue weighted by Gasteiger charge is 2.27. The Kier molecular flexibility index (Phi) is 4.08. The van der Waals surface area contributed by atoms with Crippen LogP contribution in [0.4, 0.5) is 5.69 Å². The summed E-state index contributed by atoms with van der Waals surface area (Å²) in [6.07, 6.45) is 2.17. The van der Waals surface area contributed by atoms with Crippen molar-refractivity contribution in [2.24, 2.45) is 0 Å². The highest BCUT2D eigenvalue weighted by molar-refractivity contribution is 5.52. The third kappa shape index (κ3) is 2.94. The number of para-hydroxylation sites is 1. The number of benzene rings is 3. The zero-order valence-corrected chi connectivity index (χ0v) is 14.2. The maximum Gasteiger partial charge on any atom is 0.0585 e. The van der Waals surface area contributed by atoms with Crippen LogP contribution in [0.25, 0.3) is 0 Å². The van der Waals surface area contributed by atoms with Crippen LogP contribution in [0, 0.1) is 6.92 Å². The third-order valence-electron chi connectivity index (χ3n) is 5.05. The quantitative estimate of drug-likeness (QED) is 0.631. The van der Waals surface area contributed by atoms with Crippen LogP contribution in [0.5, 0.6) is 0 Å². The van der Waals surface area contributed by atoms with Crippen molar-refractivity contribution in [1.82, 2.24) is 0 Å². The Balaban J connectivity index is 1.73. The Morgan fingerprint density at radius 2 is 1.54 bits per heavy atom. The predicted molar refractivity (Wildman–Crippen MR) is 102 cm³/mol. The smallest absolute Gasteiger partial charge is 0.0585 e. The predicted octanol–water partition coefficient (Wildman–Crippen LogP) is 5.34. The Hall–Kier alpha value is -2.54. The van der Waals surface area contributed by atoms with Gasteiger partial charge in [-0.25, -0.2) is 0 Å². The normalized spacial score (nSPS) is 16.7. The lowest BCUT2D eigenvalue weighted by Gasteiger charge is -2.39. The maximum absolute atomic E-state index is 2.57. The molecule has 0 radical (unpaired) electrons. The molecule has 120 valence electrons. The molecule has 1 nitrogen and oxygen atoms in total. The van der Waals surface area contributed by atoms with Gasteiger partial charge in [0.05, 0.1) is 6.04 Å². The van der Waals surface area contributed by atoms with Gasteiger partial charge in [-0.3, -0.25) is 0 Å². The lowest BCUT2D eigenvalue weighted by molar-refractivity contribution is 0.579. The average molecular weight is 313 g/mol. The van der Waals surface area contributed by atoms with Crippen LogP contribution >= 0.6 is 0 Å². The van der Waals surface area contributed by atoms with Gasteiger partial charge in [-0.05, 0) is 48.6 Å². The number of fused-ring (bicyclic) bond motifs is 1. The van der Waals surface area contributed by atoms with Gasteiger partial charge >= 0.3 is 0 Å². The van der Waals surface area contributed by atoms with Crippen molar-refractivity contribution in [3.05, 3.63) is 101 Å². The number of hydrogen-bond acceptors (Lipinski definition) is 1. The number of hydrogen-bond donors (Lipinski definition) is 0. The fourth-order valence-corrected chi connectivity index (χ4v) is 3.75. The highest BCUT2D eigenvalue weighted by Crippen LogP contribution is 2.35. The molecular weight excluding hydrogens is 290 g/mol. The Morgan fingerprint density at radius 1 is 0.833 bits per heavy atom. The summed E-state index contributed by atoms with van der Waals surface area (Å²) in [5, 5.41) is 0. The van der Waals surface area contributed by atoms with Crippen molar-refractivity contribution < 1.29 is 0 Å². The van der Waals surface area contributed by atoms with Gasteiger partial charge in [-0.15, -0.1) is 0 Å². The second-order valence-electron chi connectivity index (χ2n) is 6.68. The van der Waals surface area contributed by atoms with E-state index in [-0.39, 0.29) is 0 Å². The first-order valence-corrected chi connectivity index (χ1v) is 8.76. The molecule has 3 aromatic rings. The van der Waals surface area contributed by atoms with E-state index in [9.17, 15) is 0 Å². The van der Waals surface area contributed by atoms with Crippen LogP contribution in [0.3, 0.4) is 0 Å². The topological polar surface area (TPSA) is 3.24 Å².